The van der Waals surface area contributed by atoms with E-state index in [1.807, 2.05) is 6.92 Å². The maximum atomic E-state index is 12.7. The normalized spacial score (nSPS) is 14.2. The molecule has 0 saturated carbocycles. The number of anilines is 1. The molecule has 1 fully saturated rings. The minimum absolute atomic E-state index is 0.0921. The highest BCUT2D eigenvalue weighted by atomic mass is 16.2. The third-order valence-electron chi connectivity index (χ3n) is 4.18. The highest BCUT2D eigenvalue weighted by Crippen LogP contribution is 2.13. The molecule has 0 bridgehead atoms. The molecule has 3 heterocycles. The van der Waals surface area contributed by atoms with Crippen molar-refractivity contribution in [3.05, 3.63) is 48.0 Å². The van der Waals surface area contributed by atoms with Crippen LogP contribution in [0.3, 0.4) is 0 Å². The fraction of sp³-hybridized carbons (Fsp3) is 0.389. The number of pyridine rings is 1. The third kappa shape index (κ3) is 4.14. The van der Waals surface area contributed by atoms with E-state index in [0.29, 0.717) is 44.2 Å². The molecule has 8 nitrogen and oxygen atoms in total. The van der Waals surface area contributed by atoms with Gasteiger partial charge in [0.15, 0.2) is 0 Å². The zero-order chi connectivity index (χ0) is 18.4. The summed E-state index contributed by atoms with van der Waals surface area (Å²) in [5.41, 5.74) is 0.742. The van der Waals surface area contributed by atoms with E-state index in [2.05, 4.69) is 25.2 Å². The van der Waals surface area contributed by atoms with Crippen molar-refractivity contribution in [2.45, 2.75) is 13.3 Å². The fourth-order valence-corrected chi connectivity index (χ4v) is 2.76. The molecule has 8 heteroatoms. The summed E-state index contributed by atoms with van der Waals surface area (Å²) in [6.07, 6.45) is 5.77. The van der Waals surface area contributed by atoms with E-state index in [1.165, 1.54) is 6.20 Å². The second kappa shape index (κ2) is 8.37. The van der Waals surface area contributed by atoms with Crippen LogP contribution >= 0.6 is 0 Å². The maximum Gasteiger partial charge on any atom is 0.269 e. The smallest absolute Gasteiger partial charge is 0.269 e. The molecule has 1 aliphatic heterocycles. The zero-order valence-corrected chi connectivity index (χ0v) is 14.8. The number of carbonyl (C=O) groups excluding carboxylic acids is 2. The van der Waals surface area contributed by atoms with Gasteiger partial charge in [-0.05, 0) is 24.6 Å². The Labute approximate surface area is 152 Å². The molecule has 1 saturated heterocycles. The first kappa shape index (κ1) is 17.8. The minimum atomic E-state index is -0.257. The van der Waals surface area contributed by atoms with Crippen molar-refractivity contribution in [1.82, 2.24) is 25.2 Å². The van der Waals surface area contributed by atoms with E-state index in [4.69, 9.17) is 0 Å². The largest absolute Gasteiger partial charge is 0.351 e. The molecule has 0 radical (unpaired) electrons. The van der Waals surface area contributed by atoms with Crippen molar-refractivity contribution in [3.8, 4) is 0 Å². The van der Waals surface area contributed by atoms with Gasteiger partial charge in [-0.2, -0.15) is 0 Å². The standard InChI is InChI=1S/C18H22N6O2/c1-2-5-20-16(25)15-13-14(4-8-19-15)17(26)23-9-11-24(12-10-23)18-21-6-3-7-22-18/h3-4,6-8,13H,2,5,9-12H2,1H3,(H,20,25). The molecule has 26 heavy (non-hydrogen) atoms. The van der Waals surface area contributed by atoms with Gasteiger partial charge < -0.3 is 15.1 Å². The zero-order valence-electron chi connectivity index (χ0n) is 14.8. The van der Waals surface area contributed by atoms with E-state index in [9.17, 15) is 9.59 Å². The lowest BCUT2D eigenvalue weighted by Gasteiger charge is -2.34. The van der Waals surface area contributed by atoms with Gasteiger partial charge in [0, 0.05) is 56.9 Å². The molecule has 1 N–H and O–H groups in total. The molecule has 0 unspecified atom stereocenters. The predicted octanol–water partition coefficient (Wildman–Crippen LogP) is 0.974. The summed E-state index contributed by atoms with van der Waals surface area (Å²) in [6.45, 7) is 5.07. The summed E-state index contributed by atoms with van der Waals surface area (Å²) in [5, 5.41) is 2.77. The van der Waals surface area contributed by atoms with Crippen LogP contribution in [-0.4, -0.2) is 64.4 Å². The summed E-state index contributed by atoms with van der Waals surface area (Å²) in [7, 11) is 0. The van der Waals surface area contributed by atoms with E-state index in [-0.39, 0.29) is 17.5 Å². The second-order valence-electron chi connectivity index (χ2n) is 6.01. The molecule has 2 aromatic heterocycles. The van der Waals surface area contributed by atoms with E-state index in [1.54, 1.807) is 35.5 Å². The van der Waals surface area contributed by atoms with Gasteiger partial charge in [0.1, 0.15) is 5.69 Å². The second-order valence-corrected chi connectivity index (χ2v) is 6.01. The van der Waals surface area contributed by atoms with Crippen LogP contribution in [0, 0.1) is 0 Å². The topological polar surface area (TPSA) is 91.3 Å². The van der Waals surface area contributed by atoms with Crippen molar-refractivity contribution in [2.24, 2.45) is 0 Å². The molecule has 3 rings (SSSR count). The van der Waals surface area contributed by atoms with Gasteiger partial charge >= 0.3 is 0 Å². The van der Waals surface area contributed by atoms with Gasteiger partial charge in [0.25, 0.3) is 11.8 Å². The number of hydrogen-bond acceptors (Lipinski definition) is 6. The first-order chi connectivity index (χ1) is 12.7. The van der Waals surface area contributed by atoms with Crippen LogP contribution in [0.4, 0.5) is 5.95 Å². The van der Waals surface area contributed by atoms with E-state index >= 15 is 0 Å². The summed E-state index contributed by atoms with van der Waals surface area (Å²) < 4.78 is 0. The lowest BCUT2D eigenvalue weighted by molar-refractivity contribution is 0.0746. The molecule has 0 aromatic carbocycles. The Morgan fingerprint density at radius 2 is 1.81 bits per heavy atom. The summed E-state index contributed by atoms with van der Waals surface area (Å²) >= 11 is 0. The van der Waals surface area contributed by atoms with Crippen molar-refractivity contribution >= 4 is 17.8 Å². The lowest BCUT2D eigenvalue weighted by atomic mass is 10.1. The Morgan fingerprint density at radius 1 is 1.08 bits per heavy atom. The van der Waals surface area contributed by atoms with Crippen LogP contribution in [0.25, 0.3) is 0 Å². The Hall–Kier alpha value is -3.03. The number of carbonyl (C=O) groups is 2. The Bertz CT molecular complexity index is 759. The third-order valence-corrected chi connectivity index (χ3v) is 4.18. The Balaban J connectivity index is 1.62. The first-order valence-electron chi connectivity index (χ1n) is 8.74. The highest BCUT2D eigenvalue weighted by Gasteiger charge is 2.24. The highest BCUT2D eigenvalue weighted by molar-refractivity contribution is 5.98. The maximum absolute atomic E-state index is 12.7. The summed E-state index contributed by atoms with van der Waals surface area (Å²) in [6, 6.07) is 4.98. The van der Waals surface area contributed by atoms with Gasteiger partial charge in [0.05, 0.1) is 0 Å². The van der Waals surface area contributed by atoms with Crippen LogP contribution in [0.1, 0.15) is 34.2 Å². The monoisotopic (exact) mass is 354 g/mol. The van der Waals surface area contributed by atoms with E-state index < -0.39 is 0 Å². The molecular weight excluding hydrogens is 332 g/mol. The number of aromatic nitrogens is 3. The number of amides is 2. The van der Waals surface area contributed by atoms with Gasteiger partial charge in [0.2, 0.25) is 5.95 Å². The number of hydrogen-bond donors (Lipinski definition) is 1. The van der Waals surface area contributed by atoms with Crippen LogP contribution < -0.4 is 10.2 Å². The number of nitrogens with one attached hydrogen (secondary N) is 1. The average molecular weight is 354 g/mol. The molecule has 136 valence electrons. The van der Waals surface area contributed by atoms with Crippen LogP contribution in [0.2, 0.25) is 0 Å². The molecule has 0 aliphatic carbocycles. The van der Waals surface area contributed by atoms with Crippen molar-refractivity contribution in [1.29, 1.82) is 0 Å². The lowest BCUT2D eigenvalue weighted by Crippen LogP contribution is -2.49. The van der Waals surface area contributed by atoms with Crippen molar-refractivity contribution in [3.63, 3.8) is 0 Å². The van der Waals surface area contributed by atoms with Crippen molar-refractivity contribution in [2.75, 3.05) is 37.6 Å². The number of rotatable bonds is 5. The van der Waals surface area contributed by atoms with Crippen LogP contribution in [0.15, 0.2) is 36.8 Å². The quantitative estimate of drug-likeness (QED) is 0.860. The molecule has 1 aliphatic rings. The average Bonchev–Trinajstić information content (AvgIpc) is 2.72. The van der Waals surface area contributed by atoms with Gasteiger partial charge in [-0.3, -0.25) is 14.6 Å². The minimum Gasteiger partial charge on any atom is -0.351 e. The molecular formula is C18H22N6O2. The van der Waals surface area contributed by atoms with Gasteiger partial charge in [-0.25, -0.2) is 9.97 Å². The Morgan fingerprint density at radius 3 is 2.50 bits per heavy atom. The predicted molar refractivity (Wildman–Crippen MR) is 97.0 cm³/mol. The van der Waals surface area contributed by atoms with E-state index in [0.717, 1.165) is 6.42 Å². The molecule has 0 atom stereocenters. The van der Waals surface area contributed by atoms with Crippen LogP contribution in [-0.2, 0) is 0 Å². The molecule has 0 spiro atoms. The number of piperazine rings is 1. The SMILES string of the molecule is CCCNC(=O)c1cc(C(=O)N2CCN(c3ncccn3)CC2)ccn1. The van der Waals surface area contributed by atoms with Gasteiger partial charge in [-0.15, -0.1) is 0 Å². The molecule has 2 amide bonds. The van der Waals surface area contributed by atoms with Crippen LogP contribution in [0.5, 0.6) is 0 Å². The van der Waals surface area contributed by atoms with Crippen molar-refractivity contribution < 1.29 is 9.59 Å². The number of nitrogens with zero attached hydrogens (tertiary/aromatic N) is 5. The molecule has 2 aromatic rings. The van der Waals surface area contributed by atoms with Gasteiger partial charge in [-0.1, -0.05) is 6.92 Å². The summed E-state index contributed by atoms with van der Waals surface area (Å²) in [4.78, 5) is 41.2. The first-order valence-corrected chi connectivity index (χ1v) is 8.74. The Kier molecular flexibility index (Phi) is 5.73. The fourth-order valence-electron chi connectivity index (χ4n) is 2.76. The summed E-state index contributed by atoms with van der Waals surface area (Å²) in [5.74, 6) is 0.330.